The van der Waals surface area contributed by atoms with Gasteiger partial charge >= 0.3 is 0 Å². The molecule has 3 heterocycles. The predicted octanol–water partition coefficient (Wildman–Crippen LogP) is 4.90. The molecule has 2 aliphatic rings. The summed E-state index contributed by atoms with van der Waals surface area (Å²) in [7, 11) is 1.65. The van der Waals surface area contributed by atoms with E-state index in [9.17, 15) is 4.79 Å². The highest BCUT2D eigenvalue weighted by molar-refractivity contribution is 7.09. The lowest BCUT2D eigenvalue weighted by molar-refractivity contribution is -0.120. The SMILES string of the molecule is COc1ccc(N(Cc2cccs2)C(=O)CN2CCC[C@@H]2c2ccc3c(c2)OCCO3)cc1. The Morgan fingerprint density at radius 3 is 2.70 bits per heavy atom. The van der Waals surface area contributed by atoms with Crippen molar-refractivity contribution in [2.45, 2.75) is 25.4 Å². The van der Waals surface area contributed by atoms with E-state index in [2.05, 4.69) is 23.1 Å². The Kier molecular flexibility index (Phi) is 6.51. The number of likely N-dealkylation sites (tertiary alicyclic amines) is 1. The highest BCUT2D eigenvalue weighted by Gasteiger charge is 2.30. The number of thiophene rings is 1. The maximum atomic E-state index is 13.6. The molecule has 0 aliphatic carbocycles. The van der Waals surface area contributed by atoms with Crippen LogP contribution in [0.2, 0.25) is 0 Å². The second-order valence-corrected chi connectivity index (χ2v) is 9.32. The number of hydrogen-bond acceptors (Lipinski definition) is 6. The lowest BCUT2D eigenvalue weighted by atomic mass is 10.0. The van der Waals surface area contributed by atoms with Crippen molar-refractivity contribution in [3.63, 3.8) is 0 Å². The summed E-state index contributed by atoms with van der Waals surface area (Å²) in [6.45, 7) is 2.99. The first-order chi connectivity index (χ1) is 16.2. The van der Waals surface area contributed by atoms with Gasteiger partial charge in [0.05, 0.1) is 20.2 Å². The summed E-state index contributed by atoms with van der Waals surface area (Å²) in [5, 5.41) is 2.05. The van der Waals surface area contributed by atoms with E-state index in [1.165, 1.54) is 5.56 Å². The van der Waals surface area contributed by atoms with E-state index < -0.39 is 0 Å². The van der Waals surface area contributed by atoms with Gasteiger partial charge < -0.3 is 19.1 Å². The molecule has 0 saturated carbocycles. The van der Waals surface area contributed by atoms with Crippen molar-refractivity contribution in [3.05, 3.63) is 70.4 Å². The van der Waals surface area contributed by atoms with E-state index in [0.717, 1.165) is 47.2 Å². The minimum atomic E-state index is 0.0954. The Labute approximate surface area is 198 Å². The molecule has 3 aromatic rings. The molecule has 5 rings (SSSR count). The molecule has 0 radical (unpaired) electrons. The monoisotopic (exact) mass is 464 g/mol. The van der Waals surface area contributed by atoms with Gasteiger partial charge in [0.2, 0.25) is 5.91 Å². The van der Waals surface area contributed by atoms with Crippen LogP contribution in [0.4, 0.5) is 5.69 Å². The third kappa shape index (κ3) is 4.84. The first-order valence-electron chi connectivity index (χ1n) is 11.3. The molecule has 1 amide bonds. The van der Waals surface area contributed by atoms with Crippen molar-refractivity contribution in [3.8, 4) is 17.2 Å². The van der Waals surface area contributed by atoms with E-state index in [0.29, 0.717) is 26.3 Å². The van der Waals surface area contributed by atoms with Gasteiger partial charge in [0.1, 0.15) is 19.0 Å². The summed E-state index contributed by atoms with van der Waals surface area (Å²) in [5.74, 6) is 2.47. The quantitative estimate of drug-likeness (QED) is 0.498. The Morgan fingerprint density at radius 2 is 1.94 bits per heavy atom. The second-order valence-electron chi connectivity index (χ2n) is 8.29. The van der Waals surface area contributed by atoms with Crippen LogP contribution in [0.1, 0.15) is 29.3 Å². The van der Waals surface area contributed by atoms with E-state index in [1.807, 2.05) is 46.7 Å². The number of nitrogens with zero attached hydrogens (tertiary/aromatic N) is 2. The Hall–Kier alpha value is -3.03. The minimum Gasteiger partial charge on any atom is -0.497 e. The highest BCUT2D eigenvalue weighted by atomic mass is 32.1. The smallest absolute Gasteiger partial charge is 0.241 e. The number of hydrogen-bond donors (Lipinski definition) is 0. The first-order valence-corrected chi connectivity index (χ1v) is 12.2. The van der Waals surface area contributed by atoms with Crippen molar-refractivity contribution >= 4 is 22.9 Å². The summed E-state index contributed by atoms with van der Waals surface area (Å²) in [6.07, 6.45) is 2.10. The average Bonchev–Trinajstić information content (AvgIpc) is 3.54. The number of fused-ring (bicyclic) bond motifs is 1. The fourth-order valence-electron chi connectivity index (χ4n) is 4.56. The third-order valence-corrected chi connectivity index (χ3v) is 7.09. The van der Waals surface area contributed by atoms with Crippen LogP contribution in [0.25, 0.3) is 0 Å². The van der Waals surface area contributed by atoms with Crippen LogP contribution in [0.3, 0.4) is 0 Å². The number of ether oxygens (including phenoxy) is 3. The van der Waals surface area contributed by atoms with Crippen molar-refractivity contribution in [1.29, 1.82) is 0 Å². The van der Waals surface area contributed by atoms with Gasteiger partial charge in [0.25, 0.3) is 0 Å². The Balaban J connectivity index is 1.35. The molecule has 1 atom stereocenters. The van der Waals surface area contributed by atoms with Crippen molar-refractivity contribution in [1.82, 2.24) is 4.90 Å². The third-order valence-electron chi connectivity index (χ3n) is 6.23. The summed E-state index contributed by atoms with van der Waals surface area (Å²) in [6, 6.07) is 18.2. The fraction of sp³-hybridized carbons (Fsp3) is 0.346. The van der Waals surface area contributed by atoms with Gasteiger partial charge in [0, 0.05) is 16.6 Å². The number of benzene rings is 2. The van der Waals surface area contributed by atoms with Gasteiger partial charge in [-0.15, -0.1) is 11.3 Å². The molecular formula is C26H28N2O4S. The largest absolute Gasteiger partial charge is 0.497 e. The topological polar surface area (TPSA) is 51.2 Å². The normalized spacial score (nSPS) is 17.7. The van der Waals surface area contributed by atoms with E-state index in [4.69, 9.17) is 14.2 Å². The number of amides is 1. The molecule has 7 heteroatoms. The van der Waals surface area contributed by atoms with Crippen LogP contribution in [0, 0.1) is 0 Å². The zero-order valence-corrected chi connectivity index (χ0v) is 19.6. The zero-order valence-electron chi connectivity index (χ0n) is 18.7. The lowest BCUT2D eigenvalue weighted by Gasteiger charge is -2.29. The molecule has 172 valence electrons. The van der Waals surface area contributed by atoms with Gasteiger partial charge in [-0.25, -0.2) is 0 Å². The molecule has 6 nitrogen and oxygen atoms in total. The summed E-state index contributed by atoms with van der Waals surface area (Å²) >= 11 is 1.67. The molecule has 0 unspecified atom stereocenters. The van der Waals surface area contributed by atoms with Gasteiger partial charge in [-0.05, 0) is 72.8 Å². The molecule has 1 aromatic heterocycles. The second kappa shape index (κ2) is 9.85. The highest BCUT2D eigenvalue weighted by Crippen LogP contribution is 2.38. The average molecular weight is 465 g/mol. The maximum absolute atomic E-state index is 13.6. The van der Waals surface area contributed by atoms with Crippen LogP contribution >= 0.6 is 11.3 Å². The molecule has 0 spiro atoms. The molecule has 0 N–H and O–H groups in total. The summed E-state index contributed by atoms with van der Waals surface area (Å²) < 4.78 is 16.8. The van der Waals surface area contributed by atoms with Crippen LogP contribution in [0.5, 0.6) is 17.2 Å². The number of methoxy groups -OCH3 is 1. The van der Waals surface area contributed by atoms with Gasteiger partial charge in [0.15, 0.2) is 11.5 Å². The van der Waals surface area contributed by atoms with Gasteiger partial charge in [-0.2, -0.15) is 0 Å². The van der Waals surface area contributed by atoms with Gasteiger partial charge in [-0.3, -0.25) is 9.69 Å². The first kappa shape index (κ1) is 21.8. The summed E-state index contributed by atoms with van der Waals surface area (Å²) in [5.41, 5.74) is 2.06. The lowest BCUT2D eigenvalue weighted by Crippen LogP contribution is -2.40. The molecule has 0 bridgehead atoms. The molecule has 2 aliphatic heterocycles. The standard InChI is InChI=1S/C26H28N2O4S/c1-30-21-9-7-20(8-10-21)28(17-22-4-3-15-33-22)26(29)18-27-12-2-5-23(27)19-6-11-24-25(16-19)32-14-13-31-24/h3-4,6-11,15-16,23H,2,5,12-14,17-18H2,1H3/t23-/m1/s1. The van der Waals surface area contributed by atoms with Crippen molar-refractivity contribution in [2.24, 2.45) is 0 Å². The van der Waals surface area contributed by atoms with Gasteiger partial charge in [-0.1, -0.05) is 12.1 Å². The predicted molar refractivity (Wildman–Crippen MR) is 129 cm³/mol. The number of anilines is 1. The Morgan fingerprint density at radius 1 is 1.12 bits per heavy atom. The Bertz CT molecular complexity index is 1080. The number of carbonyl (C=O) groups is 1. The fourth-order valence-corrected chi connectivity index (χ4v) is 5.26. The molecule has 2 aromatic carbocycles. The van der Waals surface area contributed by atoms with Crippen LogP contribution in [0.15, 0.2) is 60.0 Å². The van der Waals surface area contributed by atoms with Crippen LogP contribution in [-0.2, 0) is 11.3 Å². The number of rotatable bonds is 7. The molecule has 33 heavy (non-hydrogen) atoms. The van der Waals surface area contributed by atoms with E-state index >= 15 is 0 Å². The molecule has 1 fully saturated rings. The maximum Gasteiger partial charge on any atom is 0.241 e. The van der Waals surface area contributed by atoms with E-state index in [-0.39, 0.29) is 11.9 Å². The van der Waals surface area contributed by atoms with Crippen LogP contribution in [-0.4, -0.2) is 44.2 Å². The van der Waals surface area contributed by atoms with E-state index in [1.54, 1.807) is 18.4 Å². The van der Waals surface area contributed by atoms with Crippen LogP contribution < -0.4 is 19.1 Å². The summed E-state index contributed by atoms with van der Waals surface area (Å²) in [4.78, 5) is 18.9. The van der Waals surface area contributed by atoms with Crippen molar-refractivity contribution < 1.29 is 19.0 Å². The molecule has 1 saturated heterocycles. The molecular weight excluding hydrogens is 436 g/mol. The minimum absolute atomic E-state index is 0.0954. The number of carbonyl (C=O) groups excluding carboxylic acids is 1. The zero-order chi connectivity index (χ0) is 22.6. The van der Waals surface area contributed by atoms with Crippen molar-refractivity contribution in [2.75, 3.05) is 38.3 Å².